The number of aryl methyl sites for hydroxylation is 2. The topological polar surface area (TPSA) is 53.6 Å². The molecule has 1 aromatic heterocycles. The Bertz CT molecular complexity index is 393. The minimum Gasteiger partial charge on any atom is -0.299 e. The highest BCUT2D eigenvalue weighted by molar-refractivity contribution is 7.99. The molecule has 0 amide bonds. The lowest BCUT2D eigenvalue weighted by atomic mass is 10.1. The molecule has 88 valence electrons. The van der Waals surface area contributed by atoms with Crippen molar-refractivity contribution >= 4 is 11.8 Å². The number of thioether (sulfide) groups is 1. The van der Waals surface area contributed by atoms with Gasteiger partial charge in [0.1, 0.15) is 5.54 Å². The summed E-state index contributed by atoms with van der Waals surface area (Å²) in [6.45, 7) is 6.70. The first kappa shape index (κ1) is 13.1. The Kier molecular flexibility index (Phi) is 4.39. The molecule has 0 aliphatic rings. The zero-order chi connectivity index (χ0) is 12.2. The third-order valence-corrected chi connectivity index (χ3v) is 3.68. The maximum absolute atomic E-state index is 9.12. The van der Waals surface area contributed by atoms with Crippen LogP contribution in [0.3, 0.4) is 0 Å². The van der Waals surface area contributed by atoms with Gasteiger partial charge in [-0.2, -0.15) is 10.4 Å². The highest BCUT2D eigenvalue weighted by atomic mass is 32.2. The molecular weight excluding hydrogens is 220 g/mol. The number of nitriles is 1. The molecule has 0 saturated carbocycles. The number of nitrogens with one attached hydrogen (secondary N) is 1. The van der Waals surface area contributed by atoms with E-state index in [-0.39, 0.29) is 0 Å². The molecule has 0 aliphatic carbocycles. The summed E-state index contributed by atoms with van der Waals surface area (Å²) in [5, 5.41) is 17.7. The number of rotatable bonds is 5. The number of nitrogens with zero attached hydrogens (tertiary/aromatic N) is 3. The molecule has 1 unspecified atom stereocenters. The lowest BCUT2D eigenvalue weighted by molar-refractivity contribution is 0.510. The van der Waals surface area contributed by atoms with Gasteiger partial charge in [0.2, 0.25) is 0 Å². The Hall–Kier alpha value is -0.990. The van der Waals surface area contributed by atoms with Gasteiger partial charge in [-0.15, -0.1) is 11.8 Å². The first-order valence-corrected chi connectivity index (χ1v) is 6.29. The van der Waals surface area contributed by atoms with Crippen LogP contribution in [-0.4, -0.2) is 27.6 Å². The molecule has 1 heterocycles. The Labute approximate surface area is 101 Å². The van der Waals surface area contributed by atoms with Crippen molar-refractivity contribution in [3.63, 3.8) is 0 Å². The Morgan fingerprint density at radius 3 is 2.81 bits per heavy atom. The average Bonchev–Trinajstić information content (AvgIpc) is 2.55. The number of hydrogen-bond acceptors (Lipinski definition) is 4. The van der Waals surface area contributed by atoms with Crippen LogP contribution < -0.4 is 5.32 Å². The third-order valence-electron chi connectivity index (χ3n) is 2.28. The molecule has 16 heavy (non-hydrogen) atoms. The normalized spacial score (nSPS) is 14.4. The van der Waals surface area contributed by atoms with Gasteiger partial charge in [-0.05, 0) is 26.5 Å². The van der Waals surface area contributed by atoms with E-state index in [0.29, 0.717) is 0 Å². The van der Waals surface area contributed by atoms with E-state index in [0.717, 1.165) is 23.0 Å². The van der Waals surface area contributed by atoms with Crippen LogP contribution in [0.25, 0.3) is 0 Å². The van der Waals surface area contributed by atoms with Gasteiger partial charge < -0.3 is 0 Å². The second kappa shape index (κ2) is 5.37. The smallest absolute Gasteiger partial charge is 0.113 e. The highest BCUT2D eigenvalue weighted by Gasteiger charge is 2.23. The van der Waals surface area contributed by atoms with Crippen molar-refractivity contribution in [3.05, 3.63) is 11.8 Å². The molecule has 0 fully saturated rings. The van der Waals surface area contributed by atoms with Crippen molar-refractivity contribution in [2.45, 2.75) is 31.3 Å². The van der Waals surface area contributed by atoms with Gasteiger partial charge >= 0.3 is 0 Å². The lowest BCUT2D eigenvalue weighted by Crippen LogP contribution is -2.43. The highest BCUT2D eigenvalue weighted by Crippen LogP contribution is 2.22. The van der Waals surface area contributed by atoms with Crippen molar-refractivity contribution in [1.29, 1.82) is 5.26 Å². The molecule has 1 N–H and O–H groups in total. The minimum atomic E-state index is -0.475. The van der Waals surface area contributed by atoms with E-state index in [1.807, 2.05) is 38.6 Å². The van der Waals surface area contributed by atoms with Gasteiger partial charge in [0, 0.05) is 12.8 Å². The summed E-state index contributed by atoms with van der Waals surface area (Å²) >= 11 is 1.65. The van der Waals surface area contributed by atoms with Crippen molar-refractivity contribution in [1.82, 2.24) is 15.1 Å². The molecular formula is C11H18N4S. The summed E-state index contributed by atoms with van der Waals surface area (Å²) in [5.74, 6) is 0.719. The predicted molar refractivity (Wildman–Crippen MR) is 66.4 cm³/mol. The minimum absolute atomic E-state index is 0.475. The molecule has 0 spiro atoms. The standard InChI is InChI=1S/C11H18N4S/c1-5-13-11(3,7-12)8-16-10-6-9(2)14-15(10)4/h6,13H,5,8H2,1-4H3. The summed E-state index contributed by atoms with van der Waals surface area (Å²) < 4.78 is 1.85. The molecule has 1 rings (SSSR count). The quantitative estimate of drug-likeness (QED) is 0.793. The molecule has 0 aromatic carbocycles. The summed E-state index contributed by atoms with van der Waals surface area (Å²) in [7, 11) is 1.92. The zero-order valence-corrected chi connectivity index (χ0v) is 11.1. The van der Waals surface area contributed by atoms with Crippen molar-refractivity contribution in [3.8, 4) is 6.07 Å². The van der Waals surface area contributed by atoms with E-state index < -0.39 is 5.54 Å². The number of hydrogen-bond donors (Lipinski definition) is 1. The largest absolute Gasteiger partial charge is 0.299 e. The monoisotopic (exact) mass is 238 g/mol. The van der Waals surface area contributed by atoms with Gasteiger partial charge in [-0.25, -0.2) is 0 Å². The molecule has 1 aromatic rings. The van der Waals surface area contributed by atoms with Crippen molar-refractivity contribution in [2.24, 2.45) is 7.05 Å². The van der Waals surface area contributed by atoms with Gasteiger partial charge in [0.05, 0.1) is 16.8 Å². The van der Waals surface area contributed by atoms with E-state index in [9.17, 15) is 0 Å². The fraction of sp³-hybridized carbons (Fsp3) is 0.636. The van der Waals surface area contributed by atoms with Crippen molar-refractivity contribution < 1.29 is 0 Å². The zero-order valence-electron chi connectivity index (χ0n) is 10.2. The molecule has 1 atom stereocenters. The summed E-state index contributed by atoms with van der Waals surface area (Å²) in [6, 6.07) is 4.35. The van der Waals surface area contributed by atoms with E-state index in [1.165, 1.54) is 0 Å². The van der Waals surface area contributed by atoms with Crippen LogP contribution in [0.15, 0.2) is 11.1 Å². The lowest BCUT2D eigenvalue weighted by Gasteiger charge is -2.21. The van der Waals surface area contributed by atoms with Gasteiger partial charge in [-0.3, -0.25) is 10.00 Å². The van der Waals surface area contributed by atoms with Crippen LogP contribution in [0.5, 0.6) is 0 Å². The maximum atomic E-state index is 9.12. The third kappa shape index (κ3) is 3.26. The fourth-order valence-corrected chi connectivity index (χ4v) is 2.54. The Balaban J connectivity index is 2.63. The molecule has 0 radical (unpaired) electrons. The molecule has 0 saturated heterocycles. The van der Waals surface area contributed by atoms with Gasteiger partial charge in [-0.1, -0.05) is 6.92 Å². The van der Waals surface area contributed by atoms with E-state index in [1.54, 1.807) is 11.8 Å². The van der Waals surface area contributed by atoms with Gasteiger partial charge in [0.15, 0.2) is 0 Å². The maximum Gasteiger partial charge on any atom is 0.113 e. The van der Waals surface area contributed by atoms with Crippen molar-refractivity contribution in [2.75, 3.05) is 12.3 Å². The van der Waals surface area contributed by atoms with E-state index in [4.69, 9.17) is 5.26 Å². The fourth-order valence-electron chi connectivity index (χ4n) is 1.45. The summed E-state index contributed by atoms with van der Waals surface area (Å²) in [4.78, 5) is 0. The molecule has 4 nitrogen and oxygen atoms in total. The number of aromatic nitrogens is 2. The second-order valence-corrected chi connectivity index (χ2v) is 5.01. The van der Waals surface area contributed by atoms with E-state index >= 15 is 0 Å². The van der Waals surface area contributed by atoms with Gasteiger partial charge in [0.25, 0.3) is 0 Å². The summed E-state index contributed by atoms with van der Waals surface area (Å²) in [6.07, 6.45) is 0. The average molecular weight is 238 g/mol. The second-order valence-electron chi connectivity index (χ2n) is 4.01. The first-order chi connectivity index (χ1) is 7.50. The van der Waals surface area contributed by atoms with Crippen LogP contribution in [0, 0.1) is 18.3 Å². The van der Waals surface area contributed by atoms with Crippen LogP contribution in [-0.2, 0) is 7.05 Å². The first-order valence-electron chi connectivity index (χ1n) is 5.30. The van der Waals surface area contributed by atoms with E-state index in [2.05, 4.69) is 16.5 Å². The Morgan fingerprint density at radius 2 is 2.38 bits per heavy atom. The Morgan fingerprint density at radius 1 is 1.69 bits per heavy atom. The van der Waals surface area contributed by atoms with Crippen LogP contribution in [0.1, 0.15) is 19.5 Å². The SMILES string of the molecule is CCNC(C)(C#N)CSc1cc(C)nn1C. The van der Waals surface area contributed by atoms with Crippen LogP contribution in [0.2, 0.25) is 0 Å². The molecule has 0 aliphatic heterocycles. The molecule has 5 heteroatoms. The summed E-state index contributed by atoms with van der Waals surface area (Å²) in [5.41, 5.74) is 0.532. The molecule has 0 bridgehead atoms. The predicted octanol–water partition coefficient (Wildman–Crippen LogP) is 1.71. The van der Waals surface area contributed by atoms with Crippen LogP contribution in [0.4, 0.5) is 0 Å². The van der Waals surface area contributed by atoms with Crippen LogP contribution >= 0.6 is 11.8 Å².